The van der Waals surface area contributed by atoms with Gasteiger partial charge in [0.2, 0.25) is 5.96 Å². The van der Waals surface area contributed by atoms with E-state index in [1.54, 1.807) is 14.2 Å². The molecule has 0 aromatic carbocycles. The first-order valence-electron chi connectivity index (χ1n) is 5.85. The van der Waals surface area contributed by atoms with Crippen LogP contribution >= 0.6 is 0 Å². The second kappa shape index (κ2) is 9.21. The first-order chi connectivity index (χ1) is 8.06. The first-order valence-corrected chi connectivity index (χ1v) is 5.85. The molecule has 1 atom stereocenters. The van der Waals surface area contributed by atoms with Gasteiger partial charge in [-0.1, -0.05) is 0 Å². The molecule has 0 saturated carbocycles. The van der Waals surface area contributed by atoms with Gasteiger partial charge in [-0.3, -0.25) is 5.43 Å². The number of hydrazine groups is 1. The molecule has 0 rings (SSSR count). The Morgan fingerprint density at radius 2 is 1.94 bits per heavy atom. The maximum Gasteiger partial charge on any atom is 0.209 e. The highest BCUT2D eigenvalue weighted by atomic mass is 16.5. The third-order valence-electron chi connectivity index (χ3n) is 2.31. The Labute approximate surface area is 104 Å². The van der Waals surface area contributed by atoms with E-state index >= 15 is 0 Å². The highest BCUT2D eigenvalue weighted by Gasteiger charge is 2.14. The molecule has 0 aliphatic heterocycles. The molecule has 0 aromatic heterocycles. The van der Waals surface area contributed by atoms with Crippen molar-refractivity contribution in [3.63, 3.8) is 0 Å². The van der Waals surface area contributed by atoms with Crippen LogP contribution in [0.1, 0.15) is 20.8 Å². The molecule has 6 nitrogen and oxygen atoms in total. The van der Waals surface area contributed by atoms with E-state index < -0.39 is 0 Å². The van der Waals surface area contributed by atoms with Gasteiger partial charge in [0.1, 0.15) is 0 Å². The summed E-state index contributed by atoms with van der Waals surface area (Å²) in [5, 5.41) is 0. The van der Waals surface area contributed by atoms with Crippen LogP contribution in [-0.2, 0) is 9.47 Å². The van der Waals surface area contributed by atoms with Gasteiger partial charge >= 0.3 is 0 Å². The molecule has 0 aliphatic rings. The minimum atomic E-state index is 0.0647. The van der Waals surface area contributed by atoms with Gasteiger partial charge in [-0.25, -0.2) is 10.8 Å². The summed E-state index contributed by atoms with van der Waals surface area (Å²) < 4.78 is 10.1. The molecule has 102 valence electrons. The fraction of sp³-hybridized carbons (Fsp3) is 0.909. The van der Waals surface area contributed by atoms with Crippen LogP contribution in [0.4, 0.5) is 0 Å². The zero-order chi connectivity index (χ0) is 13.3. The van der Waals surface area contributed by atoms with Gasteiger partial charge in [0.25, 0.3) is 0 Å². The van der Waals surface area contributed by atoms with Crippen molar-refractivity contribution < 1.29 is 9.47 Å². The predicted molar refractivity (Wildman–Crippen MR) is 69.8 cm³/mol. The quantitative estimate of drug-likeness (QED) is 0.290. The van der Waals surface area contributed by atoms with Crippen molar-refractivity contribution in [3.05, 3.63) is 0 Å². The van der Waals surface area contributed by atoms with E-state index in [0.29, 0.717) is 25.2 Å². The monoisotopic (exact) mass is 246 g/mol. The number of hydrogen-bond acceptors (Lipinski definition) is 4. The summed E-state index contributed by atoms with van der Waals surface area (Å²) in [5.41, 5.74) is 2.65. The molecular weight excluding hydrogens is 220 g/mol. The molecule has 0 aromatic rings. The molecule has 0 fully saturated rings. The number of nitrogens with zero attached hydrogens (tertiary/aromatic N) is 2. The van der Waals surface area contributed by atoms with E-state index in [1.165, 1.54) is 0 Å². The molecule has 0 aliphatic carbocycles. The number of nitrogens with one attached hydrogen (secondary N) is 1. The van der Waals surface area contributed by atoms with Gasteiger partial charge in [-0.2, -0.15) is 0 Å². The lowest BCUT2D eigenvalue weighted by molar-refractivity contribution is 0.163. The van der Waals surface area contributed by atoms with Crippen LogP contribution in [0.25, 0.3) is 0 Å². The number of aliphatic imine (C=N–C) groups is 1. The van der Waals surface area contributed by atoms with E-state index in [9.17, 15) is 0 Å². The Morgan fingerprint density at radius 3 is 2.35 bits per heavy atom. The lowest BCUT2D eigenvalue weighted by Gasteiger charge is -2.29. The number of nitrogens with two attached hydrogens (primary N) is 1. The molecule has 0 bridgehead atoms. The molecule has 6 heteroatoms. The minimum absolute atomic E-state index is 0.0647. The van der Waals surface area contributed by atoms with E-state index in [1.807, 2.05) is 6.92 Å². The van der Waals surface area contributed by atoms with Crippen LogP contribution in [0.5, 0.6) is 0 Å². The van der Waals surface area contributed by atoms with Crippen LogP contribution in [0.15, 0.2) is 4.99 Å². The van der Waals surface area contributed by atoms with Gasteiger partial charge in [0.15, 0.2) is 0 Å². The SMILES string of the molecule is COCCN(C(=NC(C)COC)NN)C(C)C. The van der Waals surface area contributed by atoms with Gasteiger partial charge in [0.05, 0.1) is 19.3 Å². The van der Waals surface area contributed by atoms with Crippen molar-refractivity contribution in [1.82, 2.24) is 10.3 Å². The Bertz CT molecular complexity index is 222. The smallest absolute Gasteiger partial charge is 0.209 e. The summed E-state index contributed by atoms with van der Waals surface area (Å²) in [6, 6.07) is 0.365. The van der Waals surface area contributed by atoms with Crippen molar-refractivity contribution in [2.24, 2.45) is 10.8 Å². The van der Waals surface area contributed by atoms with Crippen molar-refractivity contribution in [3.8, 4) is 0 Å². The Balaban J connectivity index is 4.64. The lowest BCUT2D eigenvalue weighted by Crippen LogP contribution is -2.49. The molecule has 0 amide bonds. The number of hydrogen-bond donors (Lipinski definition) is 2. The summed E-state index contributed by atoms with van der Waals surface area (Å²) in [6.45, 7) is 8.11. The summed E-state index contributed by atoms with van der Waals surface area (Å²) in [5.74, 6) is 6.19. The van der Waals surface area contributed by atoms with E-state index in [-0.39, 0.29) is 6.04 Å². The third-order valence-corrected chi connectivity index (χ3v) is 2.31. The molecule has 1 unspecified atom stereocenters. The molecule has 0 heterocycles. The topological polar surface area (TPSA) is 72.1 Å². The zero-order valence-electron chi connectivity index (χ0n) is 11.6. The second-order valence-electron chi connectivity index (χ2n) is 4.18. The Morgan fingerprint density at radius 1 is 1.29 bits per heavy atom. The lowest BCUT2D eigenvalue weighted by atomic mass is 10.3. The summed E-state index contributed by atoms with van der Waals surface area (Å²) in [4.78, 5) is 6.55. The molecule has 0 spiro atoms. The van der Waals surface area contributed by atoms with Crippen LogP contribution in [-0.4, -0.2) is 56.9 Å². The van der Waals surface area contributed by atoms with Gasteiger partial charge in [-0.05, 0) is 20.8 Å². The van der Waals surface area contributed by atoms with Crippen LogP contribution in [0, 0.1) is 0 Å². The fourth-order valence-electron chi connectivity index (χ4n) is 1.48. The summed E-state index contributed by atoms with van der Waals surface area (Å²) in [7, 11) is 3.34. The Kier molecular flexibility index (Phi) is 8.75. The van der Waals surface area contributed by atoms with Crippen LogP contribution in [0.3, 0.4) is 0 Å². The summed E-state index contributed by atoms with van der Waals surface area (Å²) in [6.07, 6.45) is 0. The second-order valence-corrected chi connectivity index (χ2v) is 4.18. The van der Waals surface area contributed by atoms with Gasteiger partial charge < -0.3 is 14.4 Å². The molecule has 3 N–H and O–H groups in total. The maximum atomic E-state index is 5.52. The number of ether oxygens (including phenoxy) is 2. The minimum Gasteiger partial charge on any atom is -0.383 e. The number of methoxy groups -OCH3 is 2. The largest absolute Gasteiger partial charge is 0.383 e. The fourth-order valence-corrected chi connectivity index (χ4v) is 1.48. The standard InChI is InChI=1S/C11H26N4O2/c1-9(2)15(6-7-16-4)11(14-12)13-10(3)8-17-5/h9-10H,6-8,12H2,1-5H3,(H,13,14). The van der Waals surface area contributed by atoms with Crippen molar-refractivity contribution in [2.75, 3.05) is 34.0 Å². The highest BCUT2D eigenvalue weighted by Crippen LogP contribution is 2.01. The molecule has 17 heavy (non-hydrogen) atoms. The van der Waals surface area contributed by atoms with Gasteiger partial charge in [0, 0.05) is 26.8 Å². The number of rotatable bonds is 7. The van der Waals surface area contributed by atoms with E-state index in [2.05, 4.69) is 29.2 Å². The average molecular weight is 246 g/mol. The first kappa shape index (κ1) is 16.1. The zero-order valence-corrected chi connectivity index (χ0v) is 11.6. The third kappa shape index (κ3) is 6.45. The molecular formula is C11H26N4O2. The molecule has 0 radical (unpaired) electrons. The molecule has 0 saturated heterocycles. The predicted octanol–water partition coefficient (Wildman–Crippen LogP) is 0.197. The average Bonchev–Trinajstić information content (AvgIpc) is 2.27. The van der Waals surface area contributed by atoms with E-state index in [0.717, 1.165) is 6.54 Å². The van der Waals surface area contributed by atoms with E-state index in [4.69, 9.17) is 15.3 Å². The normalized spacial score (nSPS) is 13.9. The van der Waals surface area contributed by atoms with Crippen LogP contribution < -0.4 is 11.3 Å². The number of guanidine groups is 1. The van der Waals surface area contributed by atoms with Crippen molar-refractivity contribution >= 4 is 5.96 Å². The van der Waals surface area contributed by atoms with Crippen molar-refractivity contribution in [2.45, 2.75) is 32.9 Å². The maximum absolute atomic E-state index is 5.52. The van der Waals surface area contributed by atoms with Crippen molar-refractivity contribution in [1.29, 1.82) is 0 Å². The van der Waals surface area contributed by atoms with Crippen LogP contribution in [0.2, 0.25) is 0 Å². The van der Waals surface area contributed by atoms with Gasteiger partial charge in [-0.15, -0.1) is 0 Å². The Hall–Kier alpha value is -0.850. The highest BCUT2D eigenvalue weighted by molar-refractivity contribution is 5.79. The summed E-state index contributed by atoms with van der Waals surface area (Å²) >= 11 is 0.